The third-order valence-corrected chi connectivity index (χ3v) is 4.05. The highest BCUT2D eigenvalue weighted by Crippen LogP contribution is 2.25. The zero-order valence-corrected chi connectivity index (χ0v) is 13.5. The smallest absolute Gasteiger partial charge is 0.122 e. The standard InChI is InChI=1S/C14H20BrNOS/c1-10-9-11(15)5-6-12(10)17-8-4-7-14(2,3)13(16)18/h5-6,9H,4,7-8H2,1-3H3,(H2,16,18). The van der Waals surface area contributed by atoms with Crippen molar-refractivity contribution in [2.45, 2.75) is 33.6 Å². The fourth-order valence-electron chi connectivity index (χ4n) is 1.59. The number of hydrogen-bond acceptors (Lipinski definition) is 2. The monoisotopic (exact) mass is 329 g/mol. The molecule has 4 heteroatoms. The van der Waals surface area contributed by atoms with Gasteiger partial charge < -0.3 is 10.5 Å². The van der Waals surface area contributed by atoms with Crippen molar-refractivity contribution in [2.75, 3.05) is 6.61 Å². The first kappa shape index (κ1) is 15.4. The van der Waals surface area contributed by atoms with Crippen molar-refractivity contribution < 1.29 is 4.74 Å². The van der Waals surface area contributed by atoms with E-state index in [0.717, 1.165) is 28.6 Å². The Morgan fingerprint density at radius 2 is 2.11 bits per heavy atom. The van der Waals surface area contributed by atoms with Crippen LogP contribution >= 0.6 is 28.1 Å². The molecule has 2 N–H and O–H groups in total. The predicted molar refractivity (Wildman–Crippen MR) is 84.2 cm³/mol. The van der Waals surface area contributed by atoms with Crippen LogP contribution in [0.1, 0.15) is 32.3 Å². The van der Waals surface area contributed by atoms with Crippen LogP contribution in [0.25, 0.3) is 0 Å². The van der Waals surface area contributed by atoms with Gasteiger partial charge in [-0.15, -0.1) is 0 Å². The van der Waals surface area contributed by atoms with E-state index in [9.17, 15) is 0 Å². The van der Waals surface area contributed by atoms with Crippen molar-refractivity contribution in [3.8, 4) is 5.75 Å². The summed E-state index contributed by atoms with van der Waals surface area (Å²) in [6.45, 7) is 6.87. The first-order chi connectivity index (χ1) is 8.33. The summed E-state index contributed by atoms with van der Waals surface area (Å²) in [5.74, 6) is 0.936. The molecule has 2 nitrogen and oxygen atoms in total. The molecular weight excluding hydrogens is 310 g/mol. The molecule has 0 bridgehead atoms. The molecule has 100 valence electrons. The summed E-state index contributed by atoms with van der Waals surface area (Å²) in [6, 6.07) is 6.02. The number of benzene rings is 1. The quantitative estimate of drug-likeness (QED) is 0.626. The molecule has 0 heterocycles. The fraction of sp³-hybridized carbons (Fsp3) is 0.500. The van der Waals surface area contributed by atoms with Crippen LogP contribution in [0.4, 0.5) is 0 Å². The van der Waals surface area contributed by atoms with Gasteiger partial charge in [-0.25, -0.2) is 0 Å². The van der Waals surface area contributed by atoms with Gasteiger partial charge >= 0.3 is 0 Å². The molecule has 0 aliphatic carbocycles. The third-order valence-electron chi connectivity index (χ3n) is 3.01. The van der Waals surface area contributed by atoms with E-state index in [1.807, 2.05) is 25.1 Å². The molecule has 0 radical (unpaired) electrons. The van der Waals surface area contributed by atoms with E-state index >= 15 is 0 Å². The minimum atomic E-state index is -0.0898. The van der Waals surface area contributed by atoms with E-state index in [-0.39, 0.29) is 5.41 Å². The summed E-state index contributed by atoms with van der Waals surface area (Å²) in [5.41, 5.74) is 6.74. The van der Waals surface area contributed by atoms with E-state index in [2.05, 4.69) is 29.8 Å². The van der Waals surface area contributed by atoms with Crippen molar-refractivity contribution in [3.05, 3.63) is 28.2 Å². The molecule has 18 heavy (non-hydrogen) atoms. The summed E-state index contributed by atoms with van der Waals surface area (Å²) < 4.78 is 6.83. The molecule has 0 saturated heterocycles. The summed E-state index contributed by atoms with van der Waals surface area (Å²) in [4.78, 5) is 0.572. The minimum Gasteiger partial charge on any atom is -0.493 e. The lowest BCUT2D eigenvalue weighted by Gasteiger charge is -2.22. The van der Waals surface area contributed by atoms with Gasteiger partial charge in [0.05, 0.1) is 11.6 Å². The average molecular weight is 330 g/mol. The van der Waals surface area contributed by atoms with Gasteiger partial charge in [0.15, 0.2) is 0 Å². The van der Waals surface area contributed by atoms with Crippen molar-refractivity contribution in [2.24, 2.45) is 11.1 Å². The summed E-state index contributed by atoms with van der Waals surface area (Å²) in [6.07, 6.45) is 1.89. The van der Waals surface area contributed by atoms with E-state index in [0.29, 0.717) is 11.6 Å². The molecule has 0 aromatic heterocycles. The molecular formula is C14H20BrNOS. The molecule has 0 aliphatic rings. The molecule has 1 aromatic rings. The van der Waals surface area contributed by atoms with Crippen molar-refractivity contribution in [3.63, 3.8) is 0 Å². The molecule has 0 aliphatic heterocycles. The SMILES string of the molecule is Cc1cc(Br)ccc1OCCCC(C)(C)C(N)=S. The summed E-state index contributed by atoms with van der Waals surface area (Å²) >= 11 is 8.48. The lowest BCUT2D eigenvalue weighted by Crippen LogP contribution is -2.30. The van der Waals surface area contributed by atoms with E-state index in [1.165, 1.54) is 0 Å². The largest absolute Gasteiger partial charge is 0.493 e. The second-order valence-electron chi connectivity index (χ2n) is 5.11. The second-order valence-corrected chi connectivity index (χ2v) is 6.47. The van der Waals surface area contributed by atoms with Gasteiger partial charge in [-0.2, -0.15) is 0 Å². The third kappa shape index (κ3) is 4.58. The Bertz CT molecular complexity index is 432. The summed E-state index contributed by atoms with van der Waals surface area (Å²) in [5, 5.41) is 0. The molecule has 0 spiro atoms. The average Bonchev–Trinajstić information content (AvgIpc) is 2.26. The molecule has 0 unspecified atom stereocenters. The minimum absolute atomic E-state index is 0.0898. The van der Waals surface area contributed by atoms with Gasteiger partial charge in [-0.1, -0.05) is 42.0 Å². The fourth-order valence-corrected chi connectivity index (χ4v) is 2.17. The Kier molecular flexibility index (Phi) is 5.60. The van der Waals surface area contributed by atoms with Crippen molar-refractivity contribution in [1.29, 1.82) is 0 Å². The number of ether oxygens (including phenoxy) is 1. The van der Waals surface area contributed by atoms with E-state index in [4.69, 9.17) is 22.7 Å². The molecule has 1 rings (SSSR count). The maximum Gasteiger partial charge on any atom is 0.122 e. The Morgan fingerprint density at radius 1 is 1.44 bits per heavy atom. The summed E-state index contributed by atoms with van der Waals surface area (Å²) in [7, 11) is 0. The number of thiocarbonyl (C=S) groups is 1. The first-order valence-electron chi connectivity index (χ1n) is 6.02. The molecule has 0 atom stereocenters. The van der Waals surface area contributed by atoms with Gasteiger partial charge in [0.25, 0.3) is 0 Å². The maximum absolute atomic E-state index is 5.76. The number of aryl methyl sites for hydroxylation is 1. The van der Waals surface area contributed by atoms with Gasteiger partial charge in [0.1, 0.15) is 5.75 Å². The second kappa shape index (κ2) is 6.53. The number of hydrogen-bond donors (Lipinski definition) is 1. The van der Waals surface area contributed by atoms with Gasteiger partial charge in [-0.3, -0.25) is 0 Å². The highest BCUT2D eigenvalue weighted by molar-refractivity contribution is 9.10. The van der Waals surface area contributed by atoms with Crippen LogP contribution in [0.15, 0.2) is 22.7 Å². The Morgan fingerprint density at radius 3 is 2.67 bits per heavy atom. The van der Waals surface area contributed by atoms with Gasteiger partial charge in [0, 0.05) is 9.89 Å². The van der Waals surface area contributed by atoms with Crippen LogP contribution in [0, 0.1) is 12.3 Å². The van der Waals surface area contributed by atoms with Crippen molar-refractivity contribution >= 4 is 33.1 Å². The Balaban J connectivity index is 2.41. The van der Waals surface area contributed by atoms with Crippen molar-refractivity contribution in [1.82, 2.24) is 0 Å². The highest BCUT2D eigenvalue weighted by atomic mass is 79.9. The number of nitrogens with two attached hydrogens (primary N) is 1. The maximum atomic E-state index is 5.76. The Hall–Kier alpha value is -0.610. The zero-order chi connectivity index (χ0) is 13.8. The number of halogens is 1. The lowest BCUT2D eigenvalue weighted by molar-refractivity contribution is 0.286. The first-order valence-corrected chi connectivity index (χ1v) is 7.22. The zero-order valence-electron chi connectivity index (χ0n) is 11.1. The topological polar surface area (TPSA) is 35.2 Å². The van der Waals surface area contributed by atoms with Crippen LogP contribution in [0.3, 0.4) is 0 Å². The van der Waals surface area contributed by atoms with E-state index < -0.39 is 0 Å². The number of rotatable bonds is 6. The normalized spacial score (nSPS) is 11.3. The Labute approximate surface area is 123 Å². The van der Waals surface area contributed by atoms with Crippen LogP contribution < -0.4 is 10.5 Å². The van der Waals surface area contributed by atoms with Crippen LogP contribution in [-0.2, 0) is 0 Å². The van der Waals surface area contributed by atoms with Gasteiger partial charge in [-0.05, 0) is 43.5 Å². The lowest BCUT2D eigenvalue weighted by atomic mass is 9.88. The van der Waals surface area contributed by atoms with Crippen LogP contribution in [0.2, 0.25) is 0 Å². The molecule has 0 fully saturated rings. The molecule has 0 saturated carbocycles. The van der Waals surface area contributed by atoms with E-state index in [1.54, 1.807) is 0 Å². The van der Waals surface area contributed by atoms with Crippen LogP contribution in [0.5, 0.6) is 5.75 Å². The molecule has 1 aromatic carbocycles. The predicted octanol–water partition coefficient (Wildman–Crippen LogP) is 4.23. The van der Waals surface area contributed by atoms with Crippen LogP contribution in [-0.4, -0.2) is 11.6 Å². The molecule has 0 amide bonds. The highest BCUT2D eigenvalue weighted by Gasteiger charge is 2.20. The van der Waals surface area contributed by atoms with Gasteiger partial charge in [0.2, 0.25) is 0 Å².